The molecule has 0 amide bonds. The van der Waals surface area contributed by atoms with Crippen LogP contribution in [-0.4, -0.2) is 31.3 Å². The van der Waals surface area contributed by atoms with E-state index in [-0.39, 0.29) is 0 Å². The molecule has 2 N–H and O–H groups in total. The molecule has 4 nitrogen and oxygen atoms in total. The molecule has 0 saturated heterocycles. The van der Waals surface area contributed by atoms with Crippen LogP contribution in [0.4, 0.5) is 11.5 Å². The smallest absolute Gasteiger partial charge is 0.127 e. The van der Waals surface area contributed by atoms with E-state index in [0.29, 0.717) is 0 Å². The summed E-state index contributed by atoms with van der Waals surface area (Å²) in [5.74, 6) is 0.916. The topological polar surface area (TPSA) is 46.2 Å². The SMILES string of the molecule is CCCOCCCNc1ccnc(NCC)c1. The summed E-state index contributed by atoms with van der Waals surface area (Å²) in [5.41, 5.74) is 1.10. The molecule has 0 unspecified atom stereocenters. The number of ether oxygens (including phenoxy) is 1. The first-order valence-corrected chi connectivity index (χ1v) is 6.38. The van der Waals surface area contributed by atoms with Crippen LogP contribution in [0.25, 0.3) is 0 Å². The Kier molecular flexibility index (Phi) is 7.14. The Hall–Kier alpha value is -1.29. The third-order valence-electron chi connectivity index (χ3n) is 2.26. The highest BCUT2D eigenvalue weighted by Gasteiger charge is 1.95. The molecule has 0 aliphatic heterocycles. The number of rotatable bonds is 9. The summed E-state index contributed by atoms with van der Waals surface area (Å²) in [5, 5.41) is 6.55. The first kappa shape index (κ1) is 13.8. The molecule has 0 aliphatic rings. The largest absolute Gasteiger partial charge is 0.385 e. The van der Waals surface area contributed by atoms with E-state index in [9.17, 15) is 0 Å². The molecule has 1 aromatic heterocycles. The van der Waals surface area contributed by atoms with Gasteiger partial charge in [-0.3, -0.25) is 0 Å². The summed E-state index contributed by atoms with van der Waals surface area (Å²) in [6.07, 6.45) is 3.93. The van der Waals surface area contributed by atoms with E-state index < -0.39 is 0 Å². The average Bonchev–Trinajstić information content (AvgIpc) is 2.35. The van der Waals surface area contributed by atoms with Crippen molar-refractivity contribution >= 4 is 11.5 Å². The Balaban J connectivity index is 2.19. The summed E-state index contributed by atoms with van der Waals surface area (Å²) < 4.78 is 5.42. The van der Waals surface area contributed by atoms with Gasteiger partial charge in [0, 0.05) is 44.3 Å². The van der Waals surface area contributed by atoms with Crippen LogP contribution in [-0.2, 0) is 4.74 Å². The molecule has 4 heteroatoms. The molecule has 0 spiro atoms. The van der Waals surface area contributed by atoms with Gasteiger partial charge >= 0.3 is 0 Å². The lowest BCUT2D eigenvalue weighted by atomic mass is 10.3. The molecule has 96 valence electrons. The lowest BCUT2D eigenvalue weighted by Crippen LogP contribution is -2.07. The maximum absolute atomic E-state index is 5.42. The van der Waals surface area contributed by atoms with E-state index in [1.807, 2.05) is 18.3 Å². The highest BCUT2D eigenvalue weighted by Crippen LogP contribution is 2.11. The maximum atomic E-state index is 5.42. The maximum Gasteiger partial charge on any atom is 0.127 e. The number of aromatic nitrogens is 1. The molecule has 0 radical (unpaired) electrons. The fourth-order valence-corrected chi connectivity index (χ4v) is 1.47. The summed E-state index contributed by atoms with van der Waals surface area (Å²) >= 11 is 0. The van der Waals surface area contributed by atoms with E-state index >= 15 is 0 Å². The second-order valence-electron chi connectivity index (χ2n) is 3.85. The summed E-state index contributed by atoms with van der Waals surface area (Å²) in [4.78, 5) is 4.22. The van der Waals surface area contributed by atoms with E-state index in [2.05, 4.69) is 29.5 Å². The zero-order valence-electron chi connectivity index (χ0n) is 10.8. The van der Waals surface area contributed by atoms with Crippen molar-refractivity contribution in [3.8, 4) is 0 Å². The van der Waals surface area contributed by atoms with Crippen molar-refractivity contribution in [2.45, 2.75) is 26.7 Å². The number of nitrogens with one attached hydrogen (secondary N) is 2. The van der Waals surface area contributed by atoms with Crippen LogP contribution < -0.4 is 10.6 Å². The number of anilines is 2. The molecule has 0 saturated carbocycles. The van der Waals surface area contributed by atoms with Crippen molar-refractivity contribution in [3.05, 3.63) is 18.3 Å². The number of hydrogen-bond acceptors (Lipinski definition) is 4. The number of nitrogens with zero attached hydrogens (tertiary/aromatic N) is 1. The zero-order valence-corrected chi connectivity index (χ0v) is 10.8. The van der Waals surface area contributed by atoms with Crippen LogP contribution in [0.5, 0.6) is 0 Å². The third-order valence-corrected chi connectivity index (χ3v) is 2.26. The molecule has 1 rings (SSSR count). The normalized spacial score (nSPS) is 10.2. The van der Waals surface area contributed by atoms with Gasteiger partial charge in [0.25, 0.3) is 0 Å². The minimum Gasteiger partial charge on any atom is -0.385 e. The quantitative estimate of drug-likeness (QED) is 0.648. The van der Waals surface area contributed by atoms with Gasteiger partial charge in [-0.25, -0.2) is 4.98 Å². The summed E-state index contributed by atoms with van der Waals surface area (Å²) in [6.45, 7) is 7.69. The van der Waals surface area contributed by atoms with Crippen molar-refractivity contribution in [1.82, 2.24) is 4.98 Å². The third kappa shape index (κ3) is 6.12. The lowest BCUT2D eigenvalue weighted by Gasteiger charge is -2.08. The molecule has 0 aliphatic carbocycles. The van der Waals surface area contributed by atoms with Crippen molar-refractivity contribution in [3.63, 3.8) is 0 Å². The molecule has 1 aromatic rings. The van der Waals surface area contributed by atoms with Gasteiger partial charge in [0.1, 0.15) is 5.82 Å². The minimum atomic E-state index is 0.825. The second kappa shape index (κ2) is 8.82. The fourth-order valence-electron chi connectivity index (χ4n) is 1.47. The van der Waals surface area contributed by atoms with Crippen molar-refractivity contribution < 1.29 is 4.74 Å². The average molecular weight is 237 g/mol. The predicted molar refractivity (Wildman–Crippen MR) is 72.6 cm³/mol. The number of hydrogen-bond donors (Lipinski definition) is 2. The van der Waals surface area contributed by atoms with Gasteiger partial charge in [0.15, 0.2) is 0 Å². The summed E-state index contributed by atoms with van der Waals surface area (Å²) in [6, 6.07) is 4.00. The first-order chi connectivity index (χ1) is 8.36. The minimum absolute atomic E-state index is 0.825. The van der Waals surface area contributed by atoms with Crippen LogP contribution in [0.3, 0.4) is 0 Å². The monoisotopic (exact) mass is 237 g/mol. The molecule has 0 atom stereocenters. The Bertz CT molecular complexity index is 304. The van der Waals surface area contributed by atoms with Crippen molar-refractivity contribution in [2.24, 2.45) is 0 Å². The van der Waals surface area contributed by atoms with Gasteiger partial charge in [-0.05, 0) is 25.8 Å². The second-order valence-corrected chi connectivity index (χ2v) is 3.85. The molecule has 0 bridgehead atoms. The van der Waals surface area contributed by atoms with Gasteiger partial charge in [-0.15, -0.1) is 0 Å². The highest BCUT2D eigenvalue weighted by atomic mass is 16.5. The van der Waals surface area contributed by atoms with E-state index in [4.69, 9.17) is 4.74 Å². The Labute approximate surface area is 104 Å². The van der Waals surface area contributed by atoms with Crippen LogP contribution in [0, 0.1) is 0 Å². The van der Waals surface area contributed by atoms with Gasteiger partial charge in [0.2, 0.25) is 0 Å². The zero-order chi connectivity index (χ0) is 12.3. The first-order valence-electron chi connectivity index (χ1n) is 6.38. The fraction of sp³-hybridized carbons (Fsp3) is 0.615. The summed E-state index contributed by atoms with van der Waals surface area (Å²) in [7, 11) is 0. The van der Waals surface area contributed by atoms with Crippen molar-refractivity contribution in [2.75, 3.05) is 36.9 Å². The highest BCUT2D eigenvalue weighted by molar-refractivity contribution is 5.51. The van der Waals surface area contributed by atoms with Crippen LogP contribution in [0.2, 0.25) is 0 Å². The van der Waals surface area contributed by atoms with Gasteiger partial charge < -0.3 is 15.4 Å². The molecule has 0 aromatic carbocycles. The molecule has 0 fully saturated rings. The Morgan fingerprint density at radius 2 is 2.12 bits per heavy atom. The van der Waals surface area contributed by atoms with E-state index in [0.717, 1.165) is 50.7 Å². The van der Waals surface area contributed by atoms with Gasteiger partial charge in [-0.1, -0.05) is 6.92 Å². The predicted octanol–water partition coefficient (Wildman–Crippen LogP) is 2.74. The molecule has 17 heavy (non-hydrogen) atoms. The van der Waals surface area contributed by atoms with Gasteiger partial charge in [0.05, 0.1) is 0 Å². The molecular weight excluding hydrogens is 214 g/mol. The van der Waals surface area contributed by atoms with E-state index in [1.165, 1.54) is 0 Å². The van der Waals surface area contributed by atoms with Gasteiger partial charge in [-0.2, -0.15) is 0 Å². The van der Waals surface area contributed by atoms with Crippen LogP contribution in [0.1, 0.15) is 26.7 Å². The Morgan fingerprint density at radius 1 is 1.24 bits per heavy atom. The molecular formula is C13H23N3O. The lowest BCUT2D eigenvalue weighted by molar-refractivity contribution is 0.134. The van der Waals surface area contributed by atoms with Crippen LogP contribution >= 0.6 is 0 Å². The Morgan fingerprint density at radius 3 is 2.88 bits per heavy atom. The van der Waals surface area contributed by atoms with Crippen LogP contribution in [0.15, 0.2) is 18.3 Å². The van der Waals surface area contributed by atoms with Crippen molar-refractivity contribution in [1.29, 1.82) is 0 Å². The number of pyridine rings is 1. The molecule has 1 heterocycles. The standard InChI is InChI=1S/C13H23N3O/c1-3-9-17-10-5-7-15-12-6-8-16-13(11-12)14-4-2/h6,8,11H,3-5,7,9-10H2,1-2H3,(H2,14,15,16). The van der Waals surface area contributed by atoms with E-state index in [1.54, 1.807) is 0 Å².